The third kappa shape index (κ3) is 4.24. The van der Waals surface area contributed by atoms with Gasteiger partial charge in [-0.2, -0.15) is 0 Å². The van der Waals surface area contributed by atoms with Gasteiger partial charge in [0.25, 0.3) is 0 Å². The van der Waals surface area contributed by atoms with E-state index >= 15 is 0 Å². The van der Waals surface area contributed by atoms with Crippen molar-refractivity contribution in [2.45, 2.75) is 30.5 Å². The minimum Gasteiger partial charge on any atom is -0.481 e. The van der Waals surface area contributed by atoms with Crippen LogP contribution in [0.5, 0.6) is 0 Å². The lowest BCUT2D eigenvalue weighted by molar-refractivity contribution is -0.171. The van der Waals surface area contributed by atoms with Gasteiger partial charge in [0.05, 0.1) is 44.9 Å². The number of alkyl carbamates (subject to hydrolysis) is 1. The highest BCUT2D eigenvalue weighted by Gasteiger charge is 2.42. The molecule has 2 N–H and O–H groups in total. The Labute approximate surface area is 196 Å². The number of carboxylic acid groups (broad SMARTS) is 1. The van der Waals surface area contributed by atoms with E-state index in [1.165, 1.54) is 0 Å². The summed E-state index contributed by atoms with van der Waals surface area (Å²) in [5.41, 5.74) is 4.34. The van der Waals surface area contributed by atoms with E-state index in [1.807, 2.05) is 48.5 Å². The summed E-state index contributed by atoms with van der Waals surface area (Å²) in [5, 5.41) is 11.8. The first kappa shape index (κ1) is 22.4. The standard InChI is InChI=1S/C25H26N2O7/c28-23(29)9-22(24(30)27-15-10-32-12-16(27)13-33-11-15)26-25(31)34-14-21-19-7-3-1-5-17(19)18-6-2-4-8-20(18)21/h1-8,15-16,21-22H,9-14H2,(H,26,31)(H,28,29). The molecule has 0 spiro atoms. The van der Waals surface area contributed by atoms with Crippen LogP contribution in [0, 0.1) is 0 Å². The van der Waals surface area contributed by atoms with Crippen LogP contribution in [0.4, 0.5) is 4.79 Å². The number of hydrogen-bond acceptors (Lipinski definition) is 6. The van der Waals surface area contributed by atoms with Gasteiger partial charge in [0.1, 0.15) is 12.6 Å². The van der Waals surface area contributed by atoms with Gasteiger partial charge in [-0.3, -0.25) is 9.59 Å². The van der Waals surface area contributed by atoms with E-state index in [0.29, 0.717) is 26.4 Å². The van der Waals surface area contributed by atoms with Crippen LogP contribution < -0.4 is 5.32 Å². The number of carboxylic acids is 1. The third-order valence-corrected chi connectivity index (χ3v) is 6.59. The lowest BCUT2D eigenvalue weighted by atomic mass is 9.98. The molecule has 0 aromatic heterocycles. The van der Waals surface area contributed by atoms with Gasteiger partial charge in [0, 0.05) is 5.92 Å². The fraction of sp³-hybridized carbons (Fsp3) is 0.400. The number of nitrogens with one attached hydrogen (secondary N) is 1. The summed E-state index contributed by atoms with van der Waals surface area (Å²) in [5.74, 6) is -1.79. The molecule has 34 heavy (non-hydrogen) atoms. The van der Waals surface area contributed by atoms with Gasteiger partial charge in [-0.1, -0.05) is 48.5 Å². The van der Waals surface area contributed by atoms with Crippen LogP contribution in [0.2, 0.25) is 0 Å². The van der Waals surface area contributed by atoms with Crippen LogP contribution in [-0.4, -0.2) is 79.1 Å². The Morgan fingerprint density at radius 1 is 0.941 bits per heavy atom. The quantitative estimate of drug-likeness (QED) is 0.669. The number of morpholine rings is 2. The molecule has 178 valence electrons. The highest BCUT2D eigenvalue weighted by Crippen LogP contribution is 2.44. The van der Waals surface area contributed by atoms with Gasteiger partial charge >= 0.3 is 12.1 Å². The third-order valence-electron chi connectivity index (χ3n) is 6.59. The zero-order valence-electron chi connectivity index (χ0n) is 18.5. The summed E-state index contributed by atoms with van der Waals surface area (Å²) in [6.07, 6.45) is -1.36. The van der Waals surface area contributed by atoms with Crippen LogP contribution in [-0.2, 0) is 23.8 Å². The van der Waals surface area contributed by atoms with Crippen molar-refractivity contribution in [2.75, 3.05) is 33.0 Å². The molecule has 2 aliphatic heterocycles. The average Bonchev–Trinajstić information content (AvgIpc) is 3.15. The molecule has 0 saturated carbocycles. The number of ether oxygens (including phenoxy) is 3. The van der Waals surface area contributed by atoms with Crippen LogP contribution >= 0.6 is 0 Å². The van der Waals surface area contributed by atoms with E-state index in [2.05, 4.69) is 5.32 Å². The number of carbonyl (C=O) groups is 3. The molecule has 3 aliphatic rings. The highest BCUT2D eigenvalue weighted by molar-refractivity contribution is 5.90. The van der Waals surface area contributed by atoms with Crippen molar-refractivity contribution in [3.05, 3.63) is 59.7 Å². The lowest BCUT2D eigenvalue weighted by Crippen LogP contribution is -2.65. The molecule has 9 heteroatoms. The molecule has 2 heterocycles. The zero-order chi connectivity index (χ0) is 23.7. The Kier molecular flexibility index (Phi) is 6.21. The van der Waals surface area contributed by atoms with Crippen molar-refractivity contribution in [1.82, 2.24) is 10.2 Å². The van der Waals surface area contributed by atoms with E-state index in [9.17, 15) is 19.5 Å². The van der Waals surface area contributed by atoms with Gasteiger partial charge in [-0.05, 0) is 22.3 Å². The number of aliphatic carboxylic acids is 1. The Morgan fingerprint density at radius 3 is 2.00 bits per heavy atom. The van der Waals surface area contributed by atoms with Crippen molar-refractivity contribution in [2.24, 2.45) is 0 Å². The Hall–Kier alpha value is -3.43. The monoisotopic (exact) mass is 466 g/mol. The van der Waals surface area contributed by atoms with Gasteiger partial charge in [0.15, 0.2) is 0 Å². The molecule has 2 fully saturated rings. The fourth-order valence-corrected chi connectivity index (χ4v) is 5.09. The number of hydrogen-bond donors (Lipinski definition) is 2. The number of benzene rings is 2. The number of rotatable bonds is 6. The zero-order valence-corrected chi connectivity index (χ0v) is 18.5. The Morgan fingerprint density at radius 2 is 1.47 bits per heavy atom. The molecule has 2 amide bonds. The number of nitrogens with zero attached hydrogens (tertiary/aromatic N) is 1. The first-order valence-electron chi connectivity index (χ1n) is 11.3. The van der Waals surface area contributed by atoms with Crippen molar-refractivity contribution in [1.29, 1.82) is 0 Å². The van der Waals surface area contributed by atoms with Crippen molar-refractivity contribution in [3.63, 3.8) is 0 Å². The molecule has 2 saturated heterocycles. The molecule has 2 aromatic rings. The lowest BCUT2D eigenvalue weighted by Gasteiger charge is -2.46. The van der Waals surface area contributed by atoms with Crippen molar-refractivity contribution < 1.29 is 33.7 Å². The molecule has 9 nitrogen and oxygen atoms in total. The fourth-order valence-electron chi connectivity index (χ4n) is 5.09. The van der Waals surface area contributed by atoms with Crippen LogP contribution in [0.25, 0.3) is 11.1 Å². The minimum atomic E-state index is -1.24. The largest absolute Gasteiger partial charge is 0.481 e. The topological polar surface area (TPSA) is 114 Å². The average molecular weight is 466 g/mol. The molecular weight excluding hydrogens is 440 g/mol. The van der Waals surface area contributed by atoms with E-state index < -0.39 is 30.4 Å². The molecular formula is C25H26N2O7. The SMILES string of the molecule is O=C(O)CC(NC(=O)OCC1c2ccccc2-c2ccccc21)C(=O)N1C2COCC1COC2. The molecule has 2 aromatic carbocycles. The molecule has 0 radical (unpaired) electrons. The van der Waals surface area contributed by atoms with E-state index in [4.69, 9.17) is 14.2 Å². The van der Waals surface area contributed by atoms with Gasteiger partial charge < -0.3 is 29.5 Å². The molecule has 5 rings (SSSR count). The van der Waals surface area contributed by atoms with Crippen LogP contribution in [0.15, 0.2) is 48.5 Å². The minimum absolute atomic E-state index is 0.0739. The summed E-state index contributed by atoms with van der Waals surface area (Å²) in [6.45, 7) is 1.32. The first-order chi connectivity index (χ1) is 16.5. The summed E-state index contributed by atoms with van der Waals surface area (Å²) >= 11 is 0. The summed E-state index contributed by atoms with van der Waals surface area (Å²) in [6, 6.07) is 14.1. The summed E-state index contributed by atoms with van der Waals surface area (Å²) in [4.78, 5) is 39.0. The van der Waals surface area contributed by atoms with Crippen molar-refractivity contribution in [3.8, 4) is 11.1 Å². The number of fused-ring (bicyclic) bond motifs is 5. The number of carbonyl (C=O) groups excluding carboxylic acids is 2. The van der Waals surface area contributed by atoms with Crippen molar-refractivity contribution >= 4 is 18.0 Å². The maximum atomic E-state index is 13.3. The molecule has 2 bridgehead atoms. The normalized spacial score (nSPS) is 21.8. The van der Waals surface area contributed by atoms with Crippen LogP contribution in [0.1, 0.15) is 23.5 Å². The maximum absolute atomic E-state index is 13.3. The first-order valence-corrected chi connectivity index (χ1v) is 11.3. The maximum Gasteiger partial charge on any atom is 0.407 e. The molecule has 1 unspecified atom stereocenters. The second kappa shape index (κ2) is 9.44. The molecule has 1 aliphatic carbocycles. The van der Waals surface area contributed by atoms with E-state index in [1.54, 1.807) is 4.90 Å². The van der Waals surface area contributed by atoms with Crippen LogP contribution in [0.3, 0.4) is 0 Å². The smallest absolute Gasteiger partial charge is 0.407 e. The second-order valence-corrected chi connectivity index (χ2v) is 8.75. The Bertz CT molecular complexity index is 1040. The highest BCUT2D eigenvalue weighted by atomic mass is 16.5. The summed E-state index contributed by atoms with van der Waals surface area (Å²) in [7, 11) is 0. The van der Waals surface area contributed by atoms with E-state index in [-0.39, 0.29) is 24.6 Å². The second-order valence-electron chi connectivity index (χ2n) is 8.75. The summed E-state index contributed by atoms with van der Waals surface area (Å²) < 4.78 is 16.5. The predicted molar refractivity (Wildman–Crippen MR) is 120 cm³/mol. The van der Waals surface area contributed by atoms with Gasteiger partial charge in [-0.15, -0.1) is 0 Å². The predicted octanol–water partition coefficient (Wildman–Crippen LogP) is 1.99. The molecule has 1 atom stereocenters. The van der Waals surface area contributed by atoms with Gasteiger partial charge in [0.2, 0.25) is 5.91 Å². The van der Waals surface area contributed by atoms with E-state index in [0.717, 1.165) is 22.3 Å². The number of amides is 2. The Balaban J connectivity index is 1.28. The van der Waals surface area contributed by atoms with Gasteiger partial charge in [-0.25, -0.2) is 4.79 Å².